The first-order chi connectivity index (χ1) is 26.1. The SMILES string of the molecule is CC1C(CSc2nc(-c3ccccc3)c(-c3ccccc3)o2)OC(c2ccc(NC(=O)c3c(F)c(F)c(F)c(F)c3F)cc2)OC1c1ccc(CO)cc1. The average Bonchev–Trinajstić information content (AvgIpc) is 3.64. The van der Waals surface area contributed by atoms with Crippen molar-refractivity contribution in [1.29, 1.82) is 0 Å². The van der Waals surface area contributed by atoms with E-state index in [1.807, 2.05) is 91.9 Å². The zero-order chi connectivity index (χ0) is 37.9. The number of aromatic nitrogens is 1. The first-order valence-electron chi connectivity index (χ1n) is 16.8. The van der Waals surface area contributed by atoms with Crippen molar-refractivity contribution in [3.05, 3.63) is 161 Å². The lowest BCUT2D eigenvalue weighted by Crippen LogP contribution is -2.38. The van der Waals surface area contributed by atoms with Crippen LogP contribution < -0.4 is 5.32 Å². The van der Waals surface area contributed by atoms with Crippen LogP contribution in [0.5, 0.6) is 0 Å². The van der Waals surface area contributed by atoms with Gasteiger partial charge < -0.3 is 24.3 Å². The van der Waals surface area contributed by atoms with Crippen molar-refractivity contribution in [3.63, 3.8) is 0 Å². The molecule has 0 aliphatic carbocycles. The van der Waals surface area contributed by atoms with Crippen molar-refractivity contribution in [2.75, 3.05) is 11.1 Å². The fraction of sp³-hybridized carbons (Fsp3) is 0.171. The maximum atomic E-state index is 14.3. The fourth-order valence-electron chi connectivity index (χ4n) is 6.12. The Morgan fingerprint density at radius 2 is 1.31 bits per heavy atom. The van der Waals surface area contributed by atoms with Gasteiger partial charge in [0.1, 0.15) is 11.3 Å². The van der Waals surface area contributed by atoms with Crippen LogP contribution in [0.15, 0.2) is 119 Å². The van der Waals surface area contributed by atoms with Crippen LogP contribution in [0.25, 0.3) is 22.6 Å². The quantitative estimate of drug-likeness (QED) is 0.0622. The summed E-state index contributed by atoms with van der Waals surface area (Å²) in [7, 11) is 0. The lowest BCUT2D eigenvalue weighted by atomic mass is 9.91. The summed E-state index contributed by atoms with van der Waals surface area (Å²) in [6, 6.07) is 32.7. The molecular formula is C41H31F5N2O5S. The number of nitrogens with one attached hydrogen (secondary N) is 1. The summed E-state index contributed by atoms with van der Waals surface area (Å²) in [6.07, 6.45) is -1.78. The molecular weight excluding hydrogens is 728 g/mol. The Morgan fingerprint density at radius 3 is 1.93 bits per heavy atom. The number of nitrogens with zero attached hydrogens (tertiary/aromatic N) is 1. The number of anilines is 1. The Bertz CT molecular complexity index is 2170. The van der Waals surface area contributed by atoms with E-state index in [4.69, 9.17) is 18.9 Å². The highest BCUT2D eigenvalue weighted by Crippen LogP contribution is 2.44. The molecule has 4 atom stereocenters. The summed E-state index contributed by atoms with van der Waals surface area (Å²) >= 11 is 1.39. The number of benzene rings is 5. The lowest BCUT2D eigenvalue weighted by Gasteiger charge is -2.41. The lowest BCUT2D eigenvalue weighted by molar-refractivity contribution is -0.268. The van der Waals surface area contributed by atoms with Gasteiger partial charge in [-0.3, -0.25) is 4.79 Å². The van der Waals surface area contributed by atoms with Gasteiger partial charge in [-0.1, -0.05) is 116 Å². The number of ether oxygens (including phenoxy) is 2. The molecule has 2 N–H and O–H groups in total. The standard InChI is InChI=1S/C41H31F5N2O5S/c1-22-29(21-54-41-48-36(24-8-4-2-5-9-24)38(53-41)25-10-6-3-7-11-25)51-40(52-37(22)26-14-12-23(20-49)13-15-26)27-16-18-28(19-17-27)47-39(50)30-31(42)33(44)35(46)34(45)32(30)43/h2-19,22,29,37,40,49H,20-21H2,1H3,(H,47,50). The van der Waals surface area contributed by atoms with Gasteiger partial charge in [0.15, 0.2) is 35.3 Å². The van der Waals surface area contributed by atoms with Crippen LogP contribution in [0.4, 0.5) is 27.6 Å². The molecule has 0 saturated carbocycles. The van der Waals surface area contributed by atoms with Gasteiger partial charge in [-0.15, -0.1) is 0 Å². The number of carbonyl (C=O) groups is 1. The molecule has 1 fully saturated rings. The van der Waals surface area contributed by atoms with E-state index in [2.05, 4.69) is 5.32 Å². The summed E-state index contributed by atoms with van der Waals surface area (Å²) in [6.45, 7) is 1.89. The first kappa shape index (κ1) is 37.0. The molecule has 1 aromatic heterocycles. The number of halogens is 5. The van der Waals surface area contributed by atoms with Gasteiger partial charge >= 0.3 is 0 Å². The van der Waals surface area contributed by atoms with E-state index < -0.39 is 59.1 Å². The molecule has 0 bridgehead atoms. The number of aliphatic hydroxyl groups excluding tert-OH is 1. The highest BCUT2D eigenvalue weighted by atomic mass is 32.2. The van der Waals surface area contributed by atoms with E-state index in [1.54, 1.807) is 12.1 Å². The predicted molar refractivity (Wildman–Crippen MR) is 192 cm³/mol. The molecule has 6 aromatic rings. The van der Waals surface area contributed by atoms with E-state index in [9.17, 15) is 31.9 Å². The molecule has 276 valence electrons. The minimum atomic E-state index is -2.36. The van der Waals surface area contributed by atoms with Crippen LogP contribution >= 0.6 is 11.8 Å². The van der Waals surface area contributed by atoms with Gasteiger partial charge in [-0.25, -0.2) is 26.9 Å². The Balaban J connectivity index is 1.14. The smallest absolute Gasteiger partial charge is 0.261 e. The second-order valence-electron chi connectivity index (χ2n) is 12.5. The molecule has 0 radical (unpaired) electrons. The van der Waals surface area contributed by atoms with Crippen LogP contribution in [0, 0.1) is 35.0 Å². The Kier molecular flexibility index (Phi) is 10.9. The number of amides is 1. The molecule has 2 heterocycles. The molecule has 1 amide bonds. The third-order valence-electron chi connectivity index (χ3n) is 9.06. The van der Waals surface area contributed by atoms with Crippen molar-refractivity contribution in [2.24, 2.45) is 5.92 Å². The highest BCUT2D eigenvalue weighted by molar-refractivity contribution is 7.99. The molecule has 1 aliphatic heterocycles. The van der Waals surface area contributed by atoms with Crippen molar-refractivity contribution < 1.29 is 45.7 Å². The number of thioether (sulfide) groups is 1. The number of aliphatic hydroxyl groups is 1. The summed E-state index contributed by atoms with van der Waals surface area (Å²) in [5.41, 5.74) is 3.02. The second-order valence-corrected chi connectivity index (χ2v) is 13.5. The van der Waals surface area contributed by atoms with Crippen molar-refractivity contribution in [3.8, 4) is 22.6 Å². The Morgan fingerprint density at radius 1 is 0.741 bits per heavy atom. The van der Waals surface area contributed by atoms with Crippen molar-refractivity contribution in [1.82, 2.24) is 4.98 Å². The first-order valence-corrected chi connectivity index (χ1v) is 17.8. The van der Waals surface area contributed by atoms with Crippen LogP contribution in [0.3, 0.4) is 0 Å². The molecule has 5 aromatic carbocycles. The number of oxazole rings is 1. The zero-order valence-electron chi connectivity index (χ0n) is 28.4. The van der Waals surface area contributed by atoms with E-state index in [0.717, 1.165) is 22.3 Å². The monoisotopic (exact) mass is 758 g/mol. The molecule has 0 spiro atoms. The Hall–Kier alpha value is -5.34. The van der Waals surface area contributed by atoms with E-state index in [-0.39, 0.29) is 18.2 Å². The maximum absolute atomic E-state index is 14.3. The molecule has 1 aliphatic rings. The number of carbonyl (C=O) groups excluding carboxylic acids is 1. The van der Waals surface area contributed by atoms with E-state index >= 15 is 0 Å². The van der Waals surface area contributed by atoms with E-state index in [1.165, 1.54) is 23.9 Å². The third-order valence-corrected chi connectivity index (χ3v) is 9.98. The van der Waals surface area contributed by atoms with Gasteiger partial charge in [0.2, 0.25) is 5.82 Å². The molecule has 1 saturated heterocycles. The molecule has 54 heavy (non-hydrogen) atoms. The molecule has 13 heteroatoms. The Labute approximate surface area is 310 Å². The van der Waals surface area contributed by atoms with Crippen molar-refractivity contribution >= 4 is 23.4 Å². The van der Waals surface area contributed by atoms with E-state index in [0.29, 0.717) is 28.0 Å². The zero-order valence-corrected chi connectivity index (χ0v) is 29.3. The summed E-state index contributed by atoms with van der Waals surface area (Å²) in [5.74, 6) is -11.9. The van der Waals surface area contributed by atoms with Gasteiger partial charge in [0, 0.05) is 34.0 Å². The van der Waals surface area contributed by atoms with Gasteiger partial charge in [-0.2, -0.15) is 0 Å². The van der Waals surface area contributed by atoms with Crippen LogP contribution in [0.1, 0.15) is 46.4 Å². The number of hydrogen-bond acceptors (Lipinski definition) is 7. The van der Waals surface area contributed by atoms with Gasteiger partial charge in [-0.05, 0) is 23.3 Å². The fourth-order valence-corrected chi connectivity index (χ4v) is 7.11. The number of rotatable bonds is 10. The number of hydrogen-bond donors (Lipinski definition) is 2. The predicted octanol–water partition coefficient (Wildman–Crippen LogP) is 10.0. The maximum Gasteiger partial charge on any atom is 0.261 e. The molecule has 7 rings (SSSR count). The summed E-state index contributed by atoms with van der Waals surface area (Å²) in [4.78, 5) is 17.5. The largest absolute Gasteiger partial charge is 0.431 e. The normalized spacial score (nSPS) is 18.4. The molecule has 7 nitrogen and oxygen atoms in total. The third kappa shape index (κ3) is 7.53. The minimum Gasteiger partial charge on any atom is -0.431 e. The highest BCUT2D eigenvalue weighted by Gasteiger charge is 2.39. The molecule has 4 unspecified atom stereocenters. The van der Waals surface area contributed by atoms with Crippen LogP contribution in [-0.2, 0) is 16.1 Å². The second kappa shape index (κ2) is 15.9. The van der Waals surface area contributed by atoms with Crippen LogP contribution in [0.2, 0.25) is 0 Å². The topological polar surface area (TPSA) is 93.8 Å². The van der Waals surface area contributed by atoms with Gasteiger partial charge in [0.05, 0.1) is 18.8 Å². The van der Waals surface area contributed by atoms with Crippen LogP contribution in [-0.4, -0.2) is 27.9 Å². The average molecular weight is 759 g/mol. The minimum absolute atomic E-state index is 0.0208. The summed E-state index contributed by atoms with van der Waals surface area (Å²) in [5, 5.41) is 12.2. The summed E-state index contributed by atoms with van der Waals surface area (Å²) < 4.78 is 88.8. The van der Waals surface area contributed by atoms with Gasteiger partial charge in [0.25, 0.3) is 11.1 Å². The van der Waals surface area contributed by atoms with Crippen molar-refractivity contribution in [2.45, 2.75) is 37.3 Å².